The number of aromatic nitrogens is 1. The Labute approximate surface area is 245 Å². The number of ketones is 1. The van der Waals surface area contributed by atoms with Gasteiger partial charge in [0.25, 0.3) is 11.7 Å². The average molecular weight is 615 g/mol. The number of benzene rings is 3. The number of phenols is 1. The molecule has 208 valence electrons. The van der Waals surface area contributed by atoms with Crippen molar-refractivity contribution in [3.05, 3.63) is 123 Å². The lowest BCUT2D eigenvalue weighted by Gasteiger charge is -2.26. The average Bonchev–Trinajstić information content (AvgIpc) is 3.23. The smallest absolute Gasteiger partial charge is 0.295 e. The van der Waals surface area contributed by atoms with E-state index in [9.17, 15) is 19.8 Å². The summed E-state index contributed by atoms with van der Waals surface area (Å²) in [7, 11) is 1.40. The van der Waals surface area contributed by atoms with Crippen molar-refractivity contribution in [1.29, 1.82) is 0 Å². The number of likely N-dealkylation sites (tertiary alicyclic amines) is 1. The highest BCUT2D eigenvalue weighted by Crippen LogP contribution is 2.45. The van der Waals surface area contributed by atoms with Gasteiger partial charge in [0.1, 0.15) is 18.1 Å². The molecule has 1 amide bonds. The molecule has 1 saturated heterocycles. The van der Waals surface area contributed by atoms with Crippen LogP contribution >= 0.6 is 15.9 Å². The van der Waals surface area contributed by atoms with Crippen molar-refractivity contribution < 1.29 is 29.3 Å². The van der Waals surface area contributed by atoms with Gasteiger partial charge in [0.05, 0.1) is 23.2 Å². The van der Waals surface area contributed by atoms with E-state index in [2.05, 4.69) is 20.9 Å². The third-order valence-electron chi connectivity index (χ3n) is 6.82. The minimum absolute atomic E-state index is 0.0758. The number of Topliss-reactive ketones (excluding diaryl/α,β-unsaturated/α-hetero) is 1. The molecule has 1 atom stereocenters. The van der Waals surface area contributed by atoms with Gasteiger partial charge in [-0.05, 0) is 82.0 Å². The molecular weight excluding hydrogens is 588 g/mol. The van der Waals surface area contributed by atoms with Gasteiger partial charge in [-0.25, -0.2) is 0 Å². The van der Waals surface area contributed by atoms with E-state index in [0.29, 0.717) is 33.5 Å². The molecule has 3 aromatic carbocycles. The molecule has 1 aliphatic heterocycles. The number of carbonyl (C=O) groups excluding carboxylic acids is 2. The molecular formula is C32H27BrN2O6. The number of pyridine rings is 1. The van der Waals surface area contributed by atoms with Crippen molar-refractivity contribution in [2.45, 2.75) is 26.1 Å². The van der Waals surface area contributed by atoms with Gasteiger partial charge in [-0.1, -0.05) is 35.9 Å². The fourth-order valence-corrected chi connectivity index (χ4v) is 5.28. The minimum Gasteiger partial charge on any atom is -0.507 e. The summed E-state index contributed by atoms with van der Waals surface area (Å²) in [5.41, 5.74) is 3.61. The van der Waals surface area contributed by atoms with Gasteiger partial charge in [0, 0.05) is 24.5 Å². The molecule has 1 unspecified atom stereocenters. The molecule has 1 fully saturated rings. The fraction of sp³-hybridized carbons (Fsp3) is 0.156. The molecule has 0 aliphatic carbocycles. The molecule has 2 heterocycles. The molecule has 1 aromatic heterocycles. The van der Waals surface area contributed by atoms with E-state index in [1.165, 1.54) is 12.0 Å². The molecule has 1 aliphatic rings. The number of aliphatic hydroxyl groups excluding tert-OH is 1. The number of methoxy groups -OCH3 is 1. The van der Waals surface area contributed by atoms with Crippen LogP contribution in [0.3, 0.4) is 0 Å². The topological polar surface area (TPSA) is 109 Å². The molecule has 0 spiro atoms. The normalized spacial score (nSPS) is 16.2. The van der Waals surface area contributed by atoms with Gasteiger partial charge < -0.3 is 24.6 Å². The van der Waals surface area contributed by atoms with Gasteiger partial charge in [-0.15, -0.1) is 0 Å². The van der Waals surface area contributed by atoms with E-state index in [1.54, 1.807) is 60.9 Å². The maximum atomic E-state index is 13.4. The number of amides is 1. The number of aryl methyl sites for hydroxylation is 1. The minimum atomic E-state index is -0.960. The summed E-state index contributed by atoms with van der Waals surface area (Å²) in [5, 5.41) is 21.8. The van der Waals surface area contributed by atoms with E-state index >= 15 is 0 Å². The molecule has 5 rings (SSSR count). The Hall–Kier alpha value is -4.63. The number of hydrogen-bond acceptors (Lipinski definition) is 7. The number of hydrogen-bond donors (Lipinski definition) is 2. The largest absolute Gasteiger partial charge is 0.507 e. The van der Waals surface area contributed by atoms with Crippen molar-refractivity contribution in [1.82, 2.24) is 9.88 Å². The van der Waals surface area contributed by atoms with Crippen LogP contribution in [0.4, 0.5) is 0 Å². The lowest BCUT2D eigenvalue weighted by Crippen LogP contribution is -2.29. The van der Waals surface area contributed by atoms with Crippen LogP contribution in [0.1, 0.15) is 33.9 Å². The van der Waals surface area contributed by atoms with Gasteiger partial charge in [0.15, 0.2) is 11.5 Å². The maximum absolute atomic E-state index is 13.4. The lowest BCUT2D eigenvalue weighted by molar-refractivity contribution is -0.140. The number of aromatic hydroxyl groups is 1. The Balaban J connectivity index is 1.53. The maximum Gasteiger partial charge on any atom is 0.295 e. The van der Waals surface area contributed by atoms with Crippen molar-refractivity contribution in [2.75, 3.05) is 7.11 Å². The van der Waals surface area contributed by atoms with Crippen LogP contribution in [0.15, 0.2) is 95.2 Å². The van der Waals surface area contributed by atoms with Crippen LogP contribution in [0.2, 0.25) is 0 Å². The summed E-state index contributed by atoms with van der Waals surface area (Å²) in [4.78, 5) is 32.3. The monoisotopic (exact) mass is 614 g/mol. The highest BCUT2D eigenvalue weighted by Gasteiger charge is 2.46. The van der Waals surface area contributed by atoms with Crippen LogP contribution in [0.25, 0.3) is 5.76 Å². The summed E-state index contributed by atoms with van der Waals surface area (Å²) in [6, 6.07) is 20.4. The van der Waals surface area contributed by atoms with Gasteiger partial charge in [-0.2, -0.15) is 0 Å². The van der Waals surface area contributed by atoms with Gasteiger partial charge in [0.2, 0.25) is 0 Å². The Morgan fingerprint density at radius 2 is 1.78 bits per heavy atom. The molecule has 4 aromatic rings. The zero-order chi connectivity index (χ0) is 29.1. The summed E-state index contributed by atoms with van der Waals surface area (Å²) in [6.07, 6.45) is 3.23. The quantitative estimate of drug-likeness (QED) is 0.141. The Morgan fingerprint density at radius 1 is 1.02 bits per heavy atom. The first-order valence-corrected chi connectivity index (χ1v) is 13.6. The van der Waals surface area contributed by atoms with Crippen LogP contribution in [0, 0.1) is 6.92 Å². The first kappa shape index (κ1) is 27.9. The van der Waals surface area contributed by atoms with E-state index in [1.807, 2.05) is 31.2 Å². The summed E-state index contributed by atoms with van der Waals surface area (Å²) in [6.45, 7) is 2.47. The molecule has 2 N–H and O–H groups in total. The molecule has 8 nitrogen and oxygen atoms in total. The number of nitrogens with zero attached hydrogens (tertiary/aromatic N) is 2. The van der Waals surface area contributed by atoms with Crippen molar-refractivity contribution in [2.24, 2.45) is 0 Å². The van der Waals surface area contributed by atoms with E-state index in [0.717, 1.165) is 11.1 Å². The molecule has 9 heteroatoms. The summed E-state index contributed by atoms with van der Waals surface area (Å²) in [5.74, 6) is -1.29. The lowest BCUT2D eigenvalue weighted by atomic mass is 9.94. The van der Waals surface area contributed by atoms with Gasteiger partial charge >= 0.3 is 0 Å². The van der Waals surface area contributed by atoms with E-state index < -0.39 is 17.7 Å². The standard InChI is InChI=1S/C32H27BrN2O6/c1-19-5-3-6-20(13-19)18-41-24-10-8-22(9-11-24)29(36)27-28(23-14-25(33)30(37)26(15-23)40-2)35(32(39)31(27)38)17-21-7-4-12-34-16-21/h3-16,28,36-37H,17-18H2,1-2H3. The third kappa shape index (κ3) is 5.81. The second-order valence-electron chi connectivity index (χ2n) is 9.64. The zero-order valence-electron chi connectivity index (χ0n) is 22.4. The Kier molecular flexibility index (Phi) is 8.07. The first-order valence-electron chi connectivity index (χ1n) is 12.8. The summed E-state index contributed by atoms with van der Waals surface area (Å²) >= 11 is 3.33. The predicted octanol–water partition coefficient (Wildman–Crippen LogP) is 6.07. The first-order chi connectivity index (χ1) is 19.8. The number of rotatable bonds is 8. The van der Waals surface area contributed by atoms with Crippen LogP contribution in [-0.4, -0.2) is 38.9 Å². The van der Waals surface area contributed by atoms with E-state index in [-0.39, 0.29) is 29.4 Å². The van der Waals surface area contributed by atoms with Crippen LogP contribution in [0.5, 0.6) is 17.2 Å². The van der Waals surface area contributed by atoms with Crippen molar-refractivity contribution in [3.8, 4) is 17.2 Å². The number of aliphatic hydroxyl groups is 1. The van der Waals surface area contributed by atoms with Crippen LogP contribution < -0.4 is 9.47 Å². The highest BCUT2D eigenvalue weighted by molar-refractivity contribution is 9.10. The Bertz CT molecular complexity index is 1640. The fourth-order valence-electron chi connectivity index (χ4n) is 4.82. The van der Waals surface area contributed by atoms with Crippen LogP contribution in [-0.2, 0) is 22.7 Å². The SMILES string of the molecule is COc1cc(C2C(=C(O)c3ccc(OCc4cccc(C)c4)cc3)C(=O)C(=O)N2Cc2cccnc2)cc(Br)c1O. The third-order valence-corrected chi connectivity index (χ3v) is 7.42. The molecule has 0 saturated carbocycles. The second kappa shape index (κ2) is 11.9. The van der Waals surface area contributed by atoms with E-state index in [4.69, 9.17) is 9.47 Å². The number of phenolic OH excluding ortho intramolecular Hbond substituents is 1. The molecule has 41 heavy (non-hydrogen) atoms. The number of halogens is 1. The summed E-state index contributed by atoms with van der Waals surface area (Å²) < 4.78 is 11.5. The second-order valence-corrected chi connectivity index (χ2v) is 10.5. The Morgan fingerprint density at radius 3 is 2.46 bits per heavy atom. The zero-order valence-corrected chi connectivity index (χ0v) is 24.0. The van der Waals surface area contributed by atoms with Crippen molar-refractivity contribution in [3.63, 3.8) is 0 Å². The number of ether oxygens (including phenoxy) is 2. The van der Waals surface area contributed by atoms with Crippen molar-refractivity contribution >= 4 is 33.4 Å². The predicted molar refractivity (Wildman–Crippen MR) is 156 cm³/mol. The molecule has 0 bridgehead atoms. The molecule has 0 radical (unpaired) electrons. The highest BCUT2D eigenvalue weighted by atomic mass is 79.9. The van der Waals surface area contributed by atoms with Gasteiger partial charge in [-0.3, -0.25) is 14.6 Å². The number of carbonyl (C=O) groups is 2.